The normalized spacial score (nSPS) is 18.2. The van der Waals surface area contributed by atoms with E-state index in [-0.39, 0.29) is 12.0 Å². The summed E-state index contributed by atoms with van der Waals surface area (Å²) in [4.78, 5) is 16.3. The van der Waals surface area contributed by atoms with Crippen molar-refractivity contribution in [3.63, 3.8) is 0 Å². The molecule has 0 radical (unpaired) electrons. The molecule has 2 aromatic rings. The maximum absolute atomic E-state index is 11.9. The number of rotatable bonds is 5. The van der Waals surface area contributed by atoms with Crippen molar-refractivity contribution in [2.75, 3.05) is 13.2 Å². The van der Waals surface area contributed by atoms with Crippen LogP contribution in [0.1, 0.15) is 25.3 Å². The molecule has 1 N–H and O–H groups in total. The van der Waals surface area contributed by atoms with Crippen molar-refractivity contribution in [1.29, 1.82) is 0 Å². The number of aryl methyl sites for hydroxylation is 1. The highest BCUT2D eigenvalue weighted by Crippen LogP contribution is 2.19. The van der Waals surface area contributed by atoms with Gasteiger partial charge in [0.25, 0.3) is 0 Å². The van der Waals surface area contributed by atoms with Gasteiger partial charge in [0.1, 0.15) is 11.8 Å². The predicted octanol–water partition coefficient (Wildman–Crippen LogP) is 1.89. The lowest BCUT2D eigenvalue weighted by Gasteiger charge is -2.09. The van der Waals surface area contributed by atoms with Gasteiger partial charge >= 0.3 is 0 Å². The maximum atomic E-state index is 11.9. The molecule has 0 aromatic carbocycles. The van der Waals surface area contributed by atoms with Crippen LogP contribution < -0.4 is 5.32 Å². The molecule has 0 spiro atoms. The molecule has 0 unspecified atom stereocenters. The Bertz CT molecular complexity index is 629. The molecule has 1 saturated heterocycles. The predicted molar refractivity (Wildman–Crippen MR) is 81.1 cm³/mol. The second-order valence-corrected chi connectivity index (χ2v) is 5.36. The van der Waals surface area contributed by atoms with Gasteiger partial charge in [-0.15, -0.1) is 0 Å². The fourth-order valence-corrected chi connectivity index (χ4v) is 2.85. The molecule has 0 bridgehead atoms. The molecule has 1 aliphatic heterocycles. The van der Waals surface area contributed by atoms with E-state index in [2.05, 4.69) is 34.1 Å². The summed E-state index contributed by atoms with van der Waals surface area (Å²) in [5, 5.41) is 4.14. The molecule has 0 saturated carbocycles. The number of hydrogen-bond acceptors (Lipinski definition) is 3. The molecule has 1 amide bonds. The summed E-state index contributed by atoms with van der Waals surface area (Å²) in [6.45, 7) is 4.34. The standard InChI is InChI=1S/C16H21N3O2/c1-2-19-11-12(13-5-3-8-17-15(13)19)7-9-18-16(20)14-6-4-10-21-14/h3,5,8,11,14H,2,4,6-7,9-10H2,1H3,(H,18,20)/t14-/m1/s1. The average Bonchev–Trinajstić information content (AvgIpc) is 3.15. The van der Waals surface area contributed by atoms with Crippen LogP contribution in [0.3, 0.4) is 0 Å². The summed E-state index contributed by atoms with van der Waals surface area (Å²) >= 11 is 0. The highest BCUT2D eigenvalue weighted by Gasteiger charge is 2.22. The van der Waals surface area contributed by atoms with Crippen LogP contribution in [0.5, 0.6) is 0 Å². The molecular weight excluding hydrogens is 266 g/mol. The van der Waals surface area contributed by atoms with E-state index in [0.717, 1.165) is 31.5 Å². The molecular formula is C16H21N3O2. The van der Waals surface area contributed by atoms with Crippen LogP contribution in [0.2, 0.25) is 0 Å². The molecule has 21 heavy (non-hydrogen) atoms. The van der Waals surface area contributed by atoms with E-state index < -0.39 is 0 Å². The van der Waals surface area contributed by atoms with Gasteiger partial charge in [-0.25, -0.2) is 4.98 Å². The van der Waals surface area contributed by atoms with Crippen molar-refractivity contribution < 1.29 is 9.53 Å². The van der Waals surface area contributed by atoms with Crippen molar-refractivity contribution in [2.45, 2.75) is 38.8 Å². The van der Waals surface area contributed by atoms with Gasteiger partial charge < -0.3 is 14.6 Å². The minimum absolute atomic E-state index is 0.0184. The van der Waals surface area contributed by atoms with E-state index in [0.29, 0.717) is 13.2 Å². The Balaban J connectivity index is 1.64. The number of amides is 1. The monoisotopic (exact) mass is 287 g/mol. The first-order valence-corrected chi connectivity index (χ1v) is 7.61. The zero-order chi connectivity index (χ0) is 14.7. The number of hydrogen-bond donors (Lipinski definition) is 1. The van der Waals surface area contributed by atoms with Crippen molar-refractivity contribution in [1.82, 2.24) is 14.9 Å². The summed E-state index contributed by atoms with van der Waals surface area (Å²) in [6.07, 6.45) is 6.34. The number of ether oxygens (including phenoxy) is 1. The van der Waals surface area contributed by atoms with Crippen molar-refractivity contribution >= 4 is 16.9 Å². The molecule has 3 rings (SSSR count). The molecule has 3 heterocycles. The van der Waals surface area contributed by atoms with Gasteiger partial charge in [0.15, 0.2) is 0 Å². The van der Waals surface area contributed by atoms with E-state index in [9.17, 15) is 4.79 Å². The smallest absolute Gasteiger partial charge is 0.249 e. The van der Waals surface area contributed by atoms with E-state index in [1.165, 1.54) is 10.9 Å². The first-order chi connectivity index (χ1) is 10.3. The van der Waals surface area contributed by atoms with E-state index in [4.69, 9.17) is 4.74 Å². The van der Waals surface area contributed by atoms with Crippen LogP contribution in [0, 0.1) is 0 Å². The van der Waals surface area contributed by atoms with Gasteiger partial charge in [-0.2, -0.15) is 0 Å². The largest absolute Gasteiger partial charge is 0.368 e. The minimum Gasteiger partial charge on any atom is -0.368 e. The SMILES string of the molecule is CCn1cc(CCNC(=O)[C@H]2CCCO2)c2cccnc21. The quantitative estimate of drug-likeness (QED) is 0.913. The highest BCUT2D eigenvalue weighted by molar-refractivity contribution is 5.82. The van der Waals surface area contributed by atoms with Crippen LogP contribution in [0.4, 0.5) is 0 Å². The minimum atomic E-state index is -0.247. The lowest BCUT2D eigenvalue weighted by molar-refractivity contribution is -0.129. The van der Waals surface area contributed by atoms with Crippen molar-refractivity contribution in [3.05, 3.63) is 30.1 Å². The van der Waals surface area contributed by atoms with Gasteiger partial charge in [-0.05, 0) is 43.9 Å². The van der Waals surface area contributed by atoms with Crippen LogP contribution >= 0.6 is 0 Å². The molecule has 1 fully saturated rings. The summed E-state index contributed by atoms with van der Waals surface area (Å²) in [5.74, 6) is 0.0184. The molecule has 0 aliphatic carbocycles. The first-order valence-electron chi connectivity index (χ1n) is 7.61. The molecule has 112 valence electrons. The molecule has 5 heteroatoms. The lowest BCUT2D eigenvalue weighted by Crippen LogP contribution is -2.35. The second kappa shape index (κ2) is 6.26. The van der Waals surface area contributed by atoms with Gasteiger partial charge in [-0.3, -0.25) is 4.79 Å². The van der Waals surface area contributed by atoms with Crippen LogP contribution in [-0.4, -0.2) is 34.7 Å². The Labute approximate surface area is 124 Å². The number of fused-ring (bicyclic) bond motifs is 1. The molecule has 1 aliphatic rings. The van der Waals surface area contributed by atoms with E-state index in [1.807, 2.05) is 12.3 Å². The third-order valence-corrected chi connectivity index (χ3v) is 3.97. The van der Waals surface area contributed by atoms with Gasteiger partial charge in [0, 0.05) is 37.5 Å². The first kappa shape index (κ1) is 14.1. The Morgan fingerprint density at radius 2 is 2.48 bits per heavy atom. The van der Waals surface area contributed by atoms with Crippen LogP contribution in [-0.2, 0) is 22.5 Å². The number of pyridine rings is 1. The maximum Gasteiger partial charge on any atom is 0.249 e. The number of carbonyl (C=O) groups excluding carboxylic acids is 1. The Morgan fingerprint density at radius 3 is 3.24 bits per heavy atom. The summed E-state index contributed by atoms with van der Waals surface area (Å²) in [6, 6.07) is 4.04. The third-order valence-electron chi connectivity index (χ3n) is 3.97. The lowest BCUT2D eigenvalue weighted by atomic mass is 10.1. The number of nitrogens with one attached hydrogen (secondary N) is 1. The number of nitrogens with zero attached hydrogens (tertiary/aromatic N) is 2. The zero-order valence-electron chi connectivity index (χ0n) is 12.3. The van der Waals surface area contributed by atoms with Crippen molar-refractivity contribution in [3.8, 4) is 0 Å². The van der Waals surface area contributed by atoms with Gasteiger partial charge in [0.05, 0.1) is 0 Å². The van der Waals surface area contributed by atoms with Gasteiger partial charge in [0.2, 0.25) is 5.91 Å². The fourth-order valence-electron chi connectivity index (χ4n) is 2.85. The zero-order valence-corrected chi connectivity index (χ0v) is 12.3. The molecule has 1 atom stereocenters. The van der Waals surface area contributed by atoms with Crippen LogP contribution in [0.25, 0.3) is 11.0 Å². The van der Waals surface area contributed by atoms with Crippen LogP contribution in [0.15, 0.2) is 24.5 Å². The fraction of sp³-hybridized carbons (Fsp3) is 0.500. The molecule has 5 nitrogen and oxygen atoms in total. The number of carbonyl (C=O) groups is 1. The second-order valence-electron chi connectivity index (χ2n) is 5.36. The summed E-state index contributed by atoms with van der Waals surface area (Å²) in [7, 11) is 0. The Kier molecular flexibility index (Phi) is 4.20. The van der Waals surface area contributed by atoms with Gasteiger partial charge in [-0.1, -0.05) is 0 Å². The Morgan fingerprint density at radius 1 is 1.57 bits per heavy atom. The number of aromatic nitrogens is 2. The topological polar surface area (TPSA) is 56.2 Å². The van der Waals surface area contributed by atoms with E-state index >= 15 is 0 Å². The Hall–Kier alpha value is -1.88. The third kappa shape index (κ3) is 2.93. The highest BCUT2D eigenvalue weighted by atomic mass is 16.5. The summed E-state index contributed by atoms with van der Waals surface area (Å²) in [5.41, 5.74) is 2.24. The van der Waals surface area contributed by atoms with Crippen molar-refractivity contribution in [2.24, 2.45) is 0 Å². The average molecular weight is 287 g/mol. The summed E-state index contributed by atoms with van der Waals surface area (Å²) < 4.78 is 7.53. The van der Waals surface area contributed by atoms with E-state index in [1.54, 1.807) is 0 Å². The molecule has 2 aromatic heterocycles.